The van der Waals surface area contributed by atoms with Gasteiger partial charge in [-0.25, -0.2) is 0 Å². The maximum Gasteiger partial charge on any atom is 0.0934 e. The van der Waals surface area contributed by atoms with Gasteiger partial charge in [0, 0.05) is 44.0 Å². The molecule has 0 N–H and O–H groups in total. The number of pyridine rings is 1. The van der Waals surface area contributed by atoms with Crippen LogP contribution in [-0.2, 0) is 19.5 Å². The second-order valence-electron chi connectivity index (χ2n) is 5.28. The van der Waals surface area contributed by atoms with E-state index in [1.165, 1.54) is 22.0 Å². The van der Waals surface area contributed by atoms with Gasteiger partial charge in [-0.1, -0.05) is 4.49 Å². The lowest BCUT2D eigenvalue weighted by molar-refractivity contribution is 0.244. The van der Waals surface area contributed by atoms with Gasteiger partial charge in [0.15, 0.2) is 0 Å². The van der Waals surface area contributed by atoms with Crippen molar-refractivity contribution >= 4 is 11.5 Å². The Labute approximate surface area is 132 Å². The van der Waals surface area contributed by atoms with Gasteiger partial charge in [-0.05, 0) is 35.3 Å². The minimum absolute atomic E-state index is 0.890. The molecule has 7 heteroatoms. The van der Waals surface area contributed by atoms with Crippen molar-refractivity contribution in [3.8, 4) is 11.3 Å². The molecule has 0 amide bonds. The molecule has 4 rings (SSSR count). The van der Waals surface area contributed by atoms with Crippen LogP contribution in [0, 0.1) is 0 Å². The van der Waals surface area contributed by atoms with Gasteiger partial charge in [0.25, 0.3) is 0 Å². The zero-order valence-electron chi connectivity index (χ0n) is 11.9. The Bertz CT molecular complexity index is 759. The summed E-state index contributed by atoms with van der Waals surface area (Å²) in [4.78, 5) is 7.64. The quantitative estimate of drug-likeness (QED) is 0.736. The SMILES string of the molecule is c1cc(-c2cc3c(nn2)CCN(Cc2cnns2)C3)ccn1. The fraction of sp³-hybridized carbons (Fsp3) is 0.267. The highest BCUT2D eigenvalue weighted by molar-refractivity contribution is 7.05. The first-order chi connectivity index (χ1) is 10.9. The van der Waals surface area contributed by atoms with Crippen LogP contribution in [0.4, 0.5) is 0 Å². The summed E-state index contributed by atoms with van der Waals surface area (Å²) in [5, 5.41) is 12.7. The van der Waals surface area contributed by atoms with Crippen LogP contribution in [0.5, 0.6) is 0 Å². The van der Waals surface area contributed by atoms with Crippen LogP contribution in [0.2, 0.25) is 0 Å². The molecule has 3 aromatic rings. The average Bonchev–Trinajstić information content (AvgIpc) is 3.08. The maximum absolute atomic E-state index is 4.41. The molecule has 0 radical (unpaired) electrons. The fourth-order valence-electron chi connectivity index (χ4n) is 2.66. The molecular formula is C15H14N6S. The minimum atomic E-state index is 0.890. The van der Waals surface area contributed by atoms with Gasteiger partial charge in [-0.2, -0.15) is 10.2 Å². The highest BCUT2D eigenvalue weighted by Gasteiger charge is 2.19. The topological polar surface area (TPSA) is 67.7 Å². The summed E-state index contributed by atoms with van der Waals surface area (Å²) >= 11 is 1.46. The van der Waals surface area contributed by atoms with Gasteiger partial charge in [-0.15, -0.1) is 5.10 Å². The van der Waals surface area contributed by atoms with Crippen molar-refractivity contribution < 1.29 is 0 Å². The first-order valence-electron chi connectivity index (χ1n) is 7.13. The predicted molar refractivity (Wildman–Crippen MR) is 83.0 cm³/mol. The van der Waals surface area contributed by atoms with Gasteiger partial charge in [-0.3, -0.25) is 9.88 Å². The molecule has 0 fully saturated rings. The molecule has 0 unspecified atom stereocenters. The van der Waals surface area contributed by atoms with Crippen molar-refractivity contribution in [2.24, 2.45) is 0 Å². The summed E-state index contributed by atoms with van der Waals surface area (Å²) < 4.78 is 3.92. The highest BCUT2D eigenvalue weighted by Crippen LogP contribution is 2.23. The summed E-state index contributed by atoms with van der Waals surface area (Å²) in [6.07, 6.45) is 6.33. The lowest BCUT2D eigenvalue weighted by atomic mass is 10.0. The van der Waals surface area contributed by atoms with E-state index in [-0.39, 0.29) is 0 Å². The number of hydrogen-bond donors (Lipinski definition) is 0. The van der Waals surface area contributed by atoms with Crippen LogP contribution in [0.3, 0.4) is 0 Å². The second kappa shape index (κ2) is 5.86. The van der Waals surface area contributed by atoms with Crippen molar-refractivity contribution in [1.29, 1.82) is 0 Å². The minimum Gasteiger partial charge on any atom is -0.293 e. The van der Waals surface area contributed by atoms with Crippen LogP contribution in [0.15, 0.2) is 36.8 Å². The van der Waals surface area contributed by atoms with Crippen molar-refractivity contribution in [3.05, 3.63) is 52.9 Å². The van der Waals surface area contributed by atoms with Crippen LogP contribution in [-0.4, -0.2) is 36.2 Å². The molecule has 0 aliphatic carbocycles. The van der Waals surface area contributed by atoms with Crippen molar-refractivity contribution in [2.45, 2.75) is 19.5 Å². The van der Waals surface area contributed by atoms with E-state index in [1.54, 1.807) is 12.4 Å². The molecule has 1 aliphatic heterocycles. The number of rotatable bonds is 3. The van der Waals surface area contributed by atoms with E-state index in [1.807, 2.05) is 18.3 Å². The van der Waals surface area contributed by atoms with E-state index in [9.17, 15) is 0 Å². The lowest BCUT2D eigenvalue weighted by Gasteiger charge is -2.27. The predicted octanol–water partition coefficient (Wildman–Crippen LogP) is 1.95. The van der Waals surface area contributed by atoms with E-state index >= 15 is 0 Å². The third-order valence-corrected chi connectivity index (χ3v) is 4.43. The second-order valence-corrected chi connectivity index (χ2v) is 6.15. The van der Waals surface area contributed by atoms with Gasteiger partial charge in [0.05, 0.1) is 22.5 Å². The number of hydrogen-bond acceptors (Lipinski definition) is 7. The monoisotopic (exact) mass is 310 g/mol. The molecule has 6 nitrogen and oxygen atoms in total. The Morgan fingerprint density at radius 3 is 2.91 bits per heavy atom. The molecule has 0 atom stereocenters. The van der Waals surface area contributed by atoms with Crippen LogP contribution in [0.1, 0.15) is 16.1 Å². The Kier molecular flexibility index (Phi) is 3.57. The fourth-order valence-corrected chi connectivity index (χ4v) is 3.20. The Morgan fingerprint density at radius 1 is 1.18 bits per heavy atom. The average molecular weight is 310 g/mol. The number of fused-ring (bicyclic) bond motifs is 1. The van der Waals surface area contributed by atoms with E-state index in [4.69, 9.17) is 0 Å². The van der Waals surface area contributed by atoms with Crippen molar-refractivity contribution in [3.63, 3.8) is 0 Å². The smallest absolute Gasteiger partial charge is 0.0934 e. The summed E-state index contributed by atoms with van der Waals surface area (Å²) in [6, 6.07) is 6.06. The highest BCUT2D eigenvalue weighted by atomic mass is 32.1. The van der Waals surface area contributed by atoms with Gasteiger partial charge < -0.3 is 0 Å². The van der Waals surface area contributed by atoms with Gasteiger partial charge in [0.2, 0.25) is 0 Å². The third kappa shape index (κ3) is 2.72. The normalized spacial score (nSPS) is 14.7. The third-order valence-electron chi connectivity index (χ3n) is 3.78. The Hall–Kier alpha value is -2.25. The number of nitrogens with zero attached hydrogens (tertiary/aromatic N) is 6. The molecule has 1 aliphatic rings. The largest absolute Gasteiger partial charge is 0.293 e. The van der Waals surface area contributed by atoms with Crippen molar-refractivity contribution in [1.82, 2.24) is 29.7 Å². The molecule has 110 valence electrons. The summed E-state index contributed by atoms with van der Waals surface area (Å²) in [5.41, 5.74) is 4.32. The molecule has 0 saturated carbocycles. The maximum atomic E-state index is 4.41. The molecule has 3 aromatic heterocycles. The van der Waals surface area contributed by atoms with E-state index in [2.05, 4.69) is 35.7 Å². The molecule has 0 bridgehead atoms. The standard InChI is InChI=1S/C15H14N6S/c1-4-16-5-2-11(1)15-7-12-9-21(6-3-14(12)18-19-15)10-13-8-17-20-22-13/h1-2,4-5,7-8H,3,6,9-10H2. The first kappa shape index (κ1) is 13.4. The molecule has 22 heavy (non-hydrogen) atoms. The zero-order valence-corrected chi connectivity index (χ0v) is 12.7. The van der Waals surface area contributed by atoms with E-state index < -0.39 is 0 Å². The molecule has 0 aromatic carbocycles. The van der Waals surface area contributed by atoms with E-state index in [0.717, 1.165) is 43.0 Å². The van der Waals surface area contributed by atoms with E-state index in [0.29, 0.717) is 0 Å². The molecule has 4 heterocycles. The first-order valence-corrected chi connectivity index (χ1v) is 7.90. The molecule has 0 spiro atoms. The Balaban J connectivity index is 1.58. The van der Waals surface area contributed by atoms with Crippen LogP contribution >= 0.6 is 11.5 Å². The summed E-state index contributed by atoms with van der Waals surface area (Å²) in [6.45, 7) is 2.78. The summed E-state index contributed by atoms with van der Waals surface area (Å²) in [7, 11) is 0. The van der Waals surface area contributed by atoms with Crippen LogP contribution < -0.4 is 0 Å². The molecule has 0 saturated heterocycles. The van der Waals surface area contributed by atoms with Gasteiger partial charge in [0.1, 0.15) is 0 Å². The van der Waals surface area contributed by atoms with Gasteiger partial charge >= 0.3 is 0 Å². The van der Waals surface area contributed by atoms with Crippen LogP contribution in [0.25, 0.3) is 11.3 Å². The molecular weight excluding hydrogens is 296 g/mol. The summed E-state index contributed by atoms with van der Waals surface area (Å²) in [5.74, 6) is 0. The van der Waals surface area contributed by atoms with Crippen molar-refractivity contribution in [2.75, 3.05) is 6.54 Å². The lowest BCUT2D eigenvalue weighted by Crippen LogP contribution is -2.30. The zero-order chi connectivity index (χ0) is 14.8. The Morgan fingerprint density at radius 2 is 2.09 bits per heavy atom. The number of aromatic nitrogens is 5.